The topological polar surface area (TPSA) is 92.5 Å². The van der Waals surface area contributed by atoms with Crippen molar-refractivity contribution in [3.63, 3.8) is 0 Å². The molecule has 0 bridgehead atoms. The first kappa shape index (κ1) is 14.1. The van der Waals surface area contributed by atoms with Gasteiger partial charge in [0.25, 0.3) is 5.69 Å². The van der Waals surface area contributed by atoms with Crippen LogP contribution in [0.2, 0.25) is 0 Å². The van der Waals surface area contributed by atoms with Crippen LogP contribution in [0.1, 0.15) is 16.8 Å². The number of ketones is 1. The van der Waals surface area contributed by atoms with Crippen molar-refractivity contribution in [3.8, 4) is 0 Å². The first-order valence-electron chi connectivity index (χ1n) is 6.33. The molecular weight excluding hydrogens is 262 g/mol. The van der Waals surface area contributed by atoms with E-state index in [-0.39, 0.29) is 23.9 Å². The van der Waals surface area contributed by atoms with Crippen molar-refractivity contribution in [2.45, 2.75) is 6.42 Å². The van der Waals surface area contributed by atoms with E-state index in [1.807, 2.05) is 4.90 Å². The van der Waals surface area contributed by atoms with Crippen LogP contribution in [0.3, 0.4) is 0 Å². The molecule has 1 aliphatic rings. The Morgan fingerprint density at radius 2 is 2.20 bits per heavy atom. The lowest BCUT2D eigenvalue weighted by Gasteiger charge is -2.17. The molecule has 1 saturated heterocycles. The fraction of sp³-hybridized carbons (Fsp3) is 0.385. The number of nitro benzene ring substituents is 1. The number of amides is 1. The predicted molar refractivity (Wildman–Crippen MR) is 71.5 cm³/mol. The summed E-state index contributed by atoms with van der Waals surface area (Å²) in [5.74, 6) is -0.196. The van der Waals surface area contributed by atoms with E-state index in [0.29, 0.717) is 31.6 Å². The standard InChI is InChI=1S/C13H15N3O4/c17-12(9-15-6-4-13(18)14-5-7-15)10-2-1-3-11(8-10)16(19)20/h1-3,8H,4-7,9H2,(H,14,18). The van der Waals surface area contributed by atoms with Crippen LogP contribution in [-0.4, -0.2) is 47.7 Å². The molecule has 0 spiro atoms. The van der Waals surface area contributed by atoms with Crippen LogP contribution in [0, 0.1) is 10.1 Å². The fourth-order valence-corrected chi connectivity index (χ4v) is 2.06. The van der Waals surface area contributed by atoms with Crippen LogP contribution >= 0.6 is 0 Å². The quantitative estimate of drug-likeness (QED) is 0.494. The SMILES string of the molecule is O=C1CCN(CC(=O)c2cccc([N+](=O)[O-])c2)CCN1. The third kappa shape index (κ3) is 3.61. The van der Waals surface area contributed by atoms with Crippen LogP contribution in [0.25, 0.3) is 0 Å². The van der Waals surface area contributed by atoms with E-state index < -0.39 is 4.92 Å². The molecule has 1 heterocycles. The molecule has 1 fully saturated rings. The molecule has 0 unspecified atom stereocenters. The van der Waals surface area contributed by atoms with Crippen molar-refractivity contribution >= 4 is 17.4 Å². The Balaban J connectivity index is 2.02. The summed E-state index contributed by atoms with van der Waals surface area (Å²) in [5, 5.41) is 13.4. The van der Waals surface area contributed by atoms with Crippen molar-refractivity contribution in [2.75, 3.05) is 26.2 Å². The number of nitrogens with zero attached hydrogens (tertiary/aromatic N) is 2. The highest BCUT2D eigenvalue weighted by atomic mass is 16.6. The van der Waals surface area contributed by atoms with Crippen molar-refractivity contribution in [3.05, 3.63) is 39.9 Å². The Morgan fingerprint density at radius 3 is 2.95 bits per heavy atom. The molecule has 0 saturated carbocycles. The molecular formula is C13H15N3O4. The van der Waals surface area contributed by atoms with Crippen molar-refractivity contribution in [1.29, 1.82) is 0 Å². The average Bonchev–Trinajstić information content (AvgIpc) is 2.64. The lowest BCUT2D eigenvalue weighted by atomic mass is 10.1. The van der Waals surface area contributed by atoms with Gasteiger partial charge >= 0.3 is 0 Å². The number of nitrogens with one attached hydrogen (secondary N) is 1. The maximum atomic E-state index is 12.1. The van der Waals surface area contributed by atoms with E-state index in [1.54, 1.807) is 6.07 Å². The summed E-state index contributed by atoms with van der Waals surface area (Å²) in [6.07, 6.45) is 0.363. The Labute approximate surface area is 115 Å². The number of rotatable bonds is 4. The van der Waals surface area contributed by atoms with E-state index in [2.05, 4.69) is 5.32 Å². The predicted octanol–water partition coefficient (Wildman–Crippen LogP) is 0.599. The Bertz CT molecular complexity index is 544. The Kier molecular flexibility index (Phi) is 4.41. The van der Waals surface area contributed by atoms with E-state index in [0.717, 1.165) is 0 Å². The number of Topliss-reactive ketones (excluding diaryl/α,β-unsaturated/α-hetero) is 1. The highest BCUT2D eigenvalue weighted by Crippen LogP contribution is 2.14. The lowest BCUT2D eigenvalue weighted by molar-refractivity contribution is -0.384. The number of benzene rings is 1. The van der Waals surface area contributed by atoms with Crippen LogP contribution in [0.15, 0.2) is 24.3 Å². The Morgan fingerprint density at radius 1 is 1.40 bits per heavy atom. The zero-order valence-corrected chi connectivity index (χ0v) is 10.9. The highest BCUT2D eigenvalue weighted by molar-refractivity contribution is 5.98. The molecule has 7 nitrogen and oxygen atoms in total. The third-order valence-electron chi connectivity index (χ3n) is 3.15. The maximum absolute atomic E-state index is 12.1. The van der Waals surface area contributed by atoms with E-state index in [4.69, 9.17) is 0 Å². The van der Waals surface area contributed by atoms with Gasteiger partial charge in [-0.25, -0.2) is 0 Å². The van der Waals surface area contributed by atoms with Gasteiger partial charge < -0.3 is 5.32 Å². The molecule has 1 amide bonds. The van der Waals surface area contributed by atoms with E-state index in [9.17, 15) is 19.7 Å². The van der Waals surface area contributed by atoms with Crippen LogP contribution in [-0.2, 0) is 4.79 Å². The minimum atomic E-state index is -0.523. The molecule has 1 N–H and O–H groups in total. The smallest absolute Gasteiger partial charge is 0.270 e. The molecule has 1 aromatic rings. The van der Waals surface area contributed by atoms with Gasteiger partial charge in [0.1, 0.15) is 0 Å². The summed E-state index contributed by atoms with van der Waals surface area (Å²) in [5.41, 5.74) is 0.228. The molecule has 1 aliphatic heterocycles. The summed E-state index contributed by atoms with van der Waals surface area (Å²) in [6.45, 7) is 1.80. The molecule has 0 aliphatic carbocycles. The van der Waals surface area contributed by atoms with Crippen LogP contribution < -0.4 is 5.32 Å². The van der Waals surface area contributed by atoms with Crippen molar-refractivity contribution in [1.82, 2.24) is 10.2 Å². The largest absolute Gasteiger partial charge is 0.355 e. The molecule has 2 rings (SSSR count). The molecule has 106 valence electrons. The zero-order chi connectivity index (χ0) is 14.5. The van der Waals surface area contributed by atoms with E-state index in [1.165, 1.54) is 18.2 Å². The second-order valence-corrected chi connectivity index (χ2v) is 4.61. The van der Waals surface area contributed by atoms with Crippen molar-refractivity contribution in [2.24, 2.45) is 0 Å². The van der Waals surface area contributed by atoms with Gasteiger partial charge in [-0.1, -0.05) is 12.1 Å². The molecule has 7 heteroatoms. The highest BCUT2D eigenvalue weighted by Gasteiger charge is 2.18. The summed E-state index contributed by atoms with van der Waals surface area (Å²) in [7, 11) is 0. The lowest BCUT2D eigenvalue weighted by Crippen LogP contribution is -2.33. The molecule has 0 atom stereocenters. The number of hydrogen-bond acceptors (Lipinski definition) is 5. The number of carbonyl (C=O) groups excluding carboxylic acids is 2. The van der Waals surface area contributed by atoms with Crippen LogP contribution in [0.4, 0.5) is 5.69 Å². The molecule has 0 aromatic heterocycles. The van der Waals surface area contributed by atoms with Crippen LogP contribution in [0.5, 0.6) is 0 Å². The monoisotopic (exact) mass is 277 g/mol. The summed E-state index contributed by atoms with van der Waals surface area (Å²) >= 11 is 0. The van der Waals surface area contributed by atoms with E-state index >= 15 is 0 Å². The van der Waals surface area contributed by atoms with Gasteiger partial charge in [-0.05, 0) is 0 Å². The molecule has 1 aromatic carbocycles. The number of hydrogen-bond donors (Lipinski definition) is 1. The number of nitro groups is 1. The molecule has 0 radical (unpaired) electrons. The Hall–Kier alpha value is -2.28. The fourth-order valence-electron chi connectivity index (χ4n) is 2.06. The van der Waals surface area contributed by atoms with Gasteiger partial charge in [0.2, 0.25) is 5.91 Å². The van der Waals surface area contributed by atoms with Gasteiger partial charge in [-0.3, -0.25) is 24.6 Å². The van der Waals surface area contributed by atoms with Gasteiger partial charge in [0.05, 0.1) is 11.5 Å². The van der Waals surface area contributed by atoms with Gasteiger partial charge in [-0.2, -0.15) is 0 Å². The van der Waals surface area contributed by atoms with Gasteiger partial charge in [-0.15, -0.1) is 0 Å². The maximum Gasteiger partial charge on any atom is 0.270 e. The average molecular weight is 277 g/mol. The number of carbonyl (C=O) groups is 2. The third-order valence-corrected chi connectivity index (χ3v) is 3.15. The summed E-state index contributed by atoms with van der Waals surface area (Å²) < 4.78 is 0. The minimum absolute atomic E-state index is 0.0182. The summed E-state index contributed by atoms with van der Waals surface area (Å²) in [6, 6.07) is 5.70. The second kappa shape index (κ2) is 6.25. The second-order valence-electron chi connectivity index (χ2n) is 4.61. The van der Waals surface area contributed by atoms with Gasteiger partial charge in [0.15, 0.2) is 5.78 Å². The summed E-state index contributed by atoms with van der Waals surface area (Å²) in [4.78, 5) is 35.4. The zero-order valence-electron chi connectivity index (χ0n) is 10.9. The molecule has 20 heavy (non-hydrogen) atoms. The van der Waals surface area contributed by atoms with Gasteiger partial charge in [0, 0.05) is 43.8 Å². The minimum Gasteiger partial charge on any atom is -0.355 e. The van der Waals surface area contributed by atoms with Crippen molar-refractivity contribution < 1.29 is 14.5 Å². The normalized spacial score (nSPS) is 16.3. The number of non-ortho nitro benzene ring substituents is 1. The first-order valence-corrected chi connectivity index (χ1v) is 6.33. The first-order chi connectivity index (χ1) is 9.56.